The molecule has 3 rings (SSSR count). The summed E-state index contributed by atoms with van der Waals surface area (Å²) in [6.45, 7) is 7.84. The second-order valence-corrected chi connectivity index (χ2v) is 8.31. The van der Waals surface area contributed by atoms with E-state index in [2.05, 4.69) is 29.5 Å². The van der Waals surface area contributed by atoms with Gasteiger partial charge in [-0.1, -0.05) is 0 Å². The predicted molar refractivity (Wildman–Crippen MR) is 108 cm³/mol. The molecule has 1 N–H and O–H groups in total. The first-order chi connectivity index (χ1) is 13.4. The number of aromatic nitrogens is 4. The number of rotatable bonds is 4. The Bertz CT molecular complexity index is 944. The lowest BCUT2D eigenvalue weighted by molar-refractivity contribution is -0.0478. The molecule has 10 heteroatoms. The average molecular weight is 403 g/mol. The van der Waals surface area contributed by atoms with Crippen LogP contribution in [0.25, 0.3) is 0 Å². The zero-order valence-corrected chi connectivity index (χ0v) is 18.4. The molecule has 0 aromatic carbocycles. The minimum Gasteiger partial charge on any atom is -0.282 e. The maximum absolute atomic E-state index is 13.4. The largest absolute Gasteiger partial charge is 0.287 e. The van der Waals surface area contributed by atoms with Gasteiger partial charge in [-0.25, -0.2) is 5.01 Å². The van der Waals surface area contributed by atoms with Crippen LogP contribution in [0.5, 0.6) is 0 Å². The molecule has 0 saturated carbocycles. The quantitative estimate of drug-likeness (QED) is 0.763. The number of amides is 2. The van der Waals surface area contributed by atoms with Gasteiger partial charge in [-0.15, -0.1) is 0 Å². The molecule has 0 aliphatic carbocycles. The highest BCUT2D eigenvalue weighted by Crippen LogP contribution is 2.34. The van der Waals surface area contributed by atoms with Crippen molar-refractivity contribution in [3.05, 3.63) is 34.9 Å². The molecule has 29 heavy (non-hydrogen) atoms. The summed E-state index contributed by atoms with van der Waals surface area (Å²) in [5, 5.41) is 13.8. The third kappa shape index (κ3) is 3.77. The van der Waals surface area contributed by atoms with E-state index >= 15 is 0 Å². The second kappa shape index (κ2) is 7.27. The first-order valence-corrected chi connectivity index (χ1v) is 9.55. The fraction of sp³-hybridized carbons (Fsp3) is 0.579. The number of hydrogen-bond acceptors (Lipinski definition) is 6. The van der Waals surface area contributed by atoms with Crippen molar-refractivity contribution in [2.24, 2.45) is 14.1 Å². The zero-order valence-electron chi connectivity index (χ0n) is 18.4. The van der Waals surface area contributed by atoms with Crippen LogP contribution in [0.3, 0.4) is 0 Å². The van der Waals surface area contributed by atoms with Crippen molar-refractivity contribution in [2.45, 2.75) is 45.8 Å². The molecule has 2 aromatic rings. The molecular weight excluding hydrogens is 372 g/mol. The van der Waals surface area contributed by atoms with Crippen molar-refractivity contribution in [1.29, 1.82) is 0 Å². The van der Waals surface area contributed by atoms with Gasteiger partial charge in [0.15, 0.2) is 0 Å². The van der Waals surface area contributed by atoms with Crippen LogP contribution >= 0.6 is 0 Å². The van der Waals surface area contributed by atoms with E-state index in [1.54, 1.807) is 52.7 Å². The van der Waals surface area contributed by atoms with Crippen molar-refractivity contribution < 1.29 is 9.59 Å². The van der Waals surface area contributed by atoms with E-state index in [9.17, 15) is 9.59 Å². The molecule has 1 aliphatic rings. The smallest absolute Gasteiger partial charge is 0.282 e. The van der Waals surface area contributed by atoms with Gasteiger partial charge in [0.2, 0.25) is 0 Å². The summed E-state index contributed by atoms with van der Waals surface area (Å²) in [6.07, 6.45) is 0.309. The molecule has 1 aliphatic heterocycles. The number of hydrazine groups is 2. The lowest BCUT2D eigenvalue weighted by atomic mass is 10.0. The number of nitrogens with zero attached hydrogens (tertiary/aromatic N) is 7. The van der Waals surface area contributed by atoms with E-state index in [0.29, 0.717) is 17.8 Å². The highest BCUT2D eigenvalue weighted by Gasteiger charge is 2.47. The predicted octanol–water partition coefficient (Wildman–Crippen LogP) is 0.845. The van der Waals surface area contributed by atoms with Gasteiger partial charge in [-0.2, -0.15) is 15.2 Å². The Balaban J connectivity index is 1.87. The van der Waals surface area contributed by atoms with Crippen molar-refractivity contribution in [1.82, 2.24) is 40.0 Å². The Kier molecular flexibility index (Phi) is 5.26. The van der Waals surface area contributed by atoms with E-state index < -0.39 is 0 Å². The summed E-state index contributed by atoms with van der Waals surface area (Å²) in [4.78, 5) is 26.1. The molecule has 2 aromatic heterocycles. The Morgan fingerprint density at radius 1 is 1.07 bits per heavy atom. The minimum atomic E-state index is -0.351. The molecule has 3 heterocycles. The molecule has 0 bridgehead atoms. The lowest BCUT2D eigenvalue weighted by Crippen LogP contribution is -2.56. The lowest BCUT2D eigenvalue weighted by Gasteiger charge is -2.36. The van der Waals surface area contributed by atoms with E-state index in [-0.39, 0.29) is 23.5 Å². The number of nitrogens with one attached hydrogen (secondary N) is 1. The Hall–Kier alpha value is -2.72. The average Bonchev–Trinajstić information content (AvgIpc) is 3.21. The maximum atomic E-state index is 13.4. The van der Waals surface area contributed by atoms with E-state index in [0.717, 1.165) is 11.4 Å². The molecule has 1 unspecified atom stereocenters. The van der Waals surface area contributed by atoms with Crippen LogP contribution in [0.15, 0.2) is 12.1 Å². The molecule has 0 radical (unpaired) electrons. The summed E-state index contributed by atoms with van der Waals surface area (Å²) < 4.78 is 3.13. The van der Waals surface area contributed by atoms with Crippen molar-refractivity contribution in [3.8, 4) is 0 Å². The van der Waals surface area contributed by atoms with E-state index in [4.69, 9.17) is 0 Å². The Morgan fingerprint density at radius 2 is 1.59 bits per heavy atom. The third-order valence-electron chi connectivity index (χ3n) is 5.55. The monoisotopic (exact) mass is 402 g/mol. The third-order valence-corrected chi connectivity index (χ3v) is 5.55. The van der Waals surface area contributed by atoms with Gasteiger partial charge >= 0.3 is 0 Å². The van der Waals surface area contributed by atoms with Gasteiger partial charge in [0.1, 0.15) is 17.6 Å². The fourth-order valence-corrected chi connectivity index (χ4v) is 3.77. The van der Waals surface area contributed by atoms with Crippen LogP contribution in [-0.2, 0) is 14.1 Å². The second-order valence-electron chi connectivity index (χ2n) is 8.31. The van der Waals surface area contributed by atoms with E-state index in [1.807, 2.05) is 25.9 Å². The van der Waals surface area contributed by atoms with Gasteiger partial charge in [0.25, 0.3) is 11.8 Å². The summed E-state index contributed by atoms with van der Waals surface area (Å²) in [6, 6.07) is 3.50. The summed E-state index contributed by atoms with van der Waals surface area (Å²) in [5.41, 5.74) is 5.14. The van der Waals surface area contributed by atoms with Crippen LogP contribution in [0.4, 0.5) is 0 Å². The Labute approximate surface area is 171 Å². The van der Waals surface area contributed by atoms with Gasteiger partial charge < -0.3 is 0 Å². The maximum Gasteiger partial charge on any atom is 0.287 e. The SMILES string of the molecule is Cc1cc(C(=O)NN(C)C2CC(C)(C)N(C)N2C(=O)c2cc(C)nn2C)n(C)n1. The van der Waals surface area contributed by atoms with Gasteiger partial charge in [0, 0.05) is 40.2 Å². The number of aryl methyl sites for hydroxylation is 4. The topological polar surface area (TPSA) is 91.5 Å². The molecule has 1 fully saturated rings. The minimum absolute atomic E-state index is 0.163. The Morgan fingerprint density at radius 3 is 2.07 bits per heavy atom. The summed E-state index contributed by atoms with van der Waals surface area (Å²) in [5.74, 6) is -0.435. The molecule has 158 valence electrons. The van der Waals surface area contributed by atoms with E-state index in [1.165, 1.54) is 0 Å². The van der Waals surface area contributed by atoms with Crippen LogP contribution in [0.1, 0.15) is 52.6 Å². The van der Waals surface area contributed by atoms with Gasteiger partial charge in [-0.3, -0.25) is 29.4 Å². The number of carbonyl (C=O) groups excluding carboxylic acids is 2. The van der Waals surface area contributed by atoms with Crippen LogP contribution in [0, 0.1) is 13.8 Å². The summed E-state index contributed by atoms with van der Waals surface area (Å²) in [7, 11) is 7.15. The van der Waals surface area contributed by atoms with Crippen LogP contribution in [0.2, 0.25) is 0 Å². The molecule has 1 atom stereocenters. The van der Waals surface area contributed by atoms with Crippen molar-refractivity contribution in [2.75, 3.05) is 14.1 Å². The van der Waals surface area contributed by atoms with Gasteiger partial charge in [-0.05, 0) is 39.8 Å². The molecule has 1 saturated heterocycles. The van der Waals surface area contributed by atoms with Crippen LogP contribution in [-0.4, -0.2) is 72.2 Å². The van der Waals surface area contributed by atoms with Gasteiger partial charge in [0.05, 0.1) is 11.4 Å². The summed E-state index contributed by atoms with van der Waals surface area (Å²) >= 11 is 0. The number of carbonyl (C=O) groups is 2. The first kappa shape index (κ1) is 21.0. The normalized spacial score (nSPS) is 19.2. The molecule has 0 spiro atoms. The standard InChI is InChI=1S/C19H30N8O2/c1-12-9-14(23(5)20-12)17(28)22-25(7)16-11-19(3,4)26(8)27(16)18(29)15-10-13(2)21-24(15)6/h9-10,16H,11H2,1-8H3,(H,22,28). The first-order valence-electron chi connectivity index (χ1n) is 9.55. The van der Waals surface area contributed by atoms with Crippen molar-refractivity contribution >= 4 is 11.8 Å². The fourth-order valence-electron chi connectivity index (χ4n) is 3.77. The zero-order chi connectivity index (χ0) is 21.7. The highest BCUT2D eigenvalue weighted by atomic mass is 16.2. The highest BCUT2D eigenvalue weighted by molar-refractivity contribution is 5.93. The molecule has 10 nitrogen and oxygen atoms in total. The molecule has 2 amide bonds. The van der Waals surface area contributed by atoms with Crippen LogP contribution < -0.4 is 5.43 Å². The number of hydrogen-bond donors (Lipinski definition) is 1. The molecular formula is C19H30N8O2. The van der Waals surface area contributed by atoms with Crippen molar-refractivity contribution in [3.63, 3.8) is 0 Å².